The highest BCUT2D eigenvalue weighted by molar-refractivity contribution is 7.90. The lowest BCUT2D eigenvalue weighted by atomic mass is 10.0. The van der Waals surface area contributed by atoms with Crippen molar-refractivity contribution in [3.63, 3.8) is 0 Å². The Morgan fingerprint density at radius 1 is 1.40 bits per heavy atom. The van der Waals surface area contributed by atoms with Gasteiger partial charge >= 0.3 is 0 Å². The van der Waals surface area contributed by atoms with Gasteiger partial charge in [-0.3, -0.25) is 0 Å². The van der Waals surface area contributed by atoms with Crippen molar-refractivity contribution in [3.8, 4) is 0 Å². The van der Waals surface area contributed by atoms with Gasteiger partial charge in [0.25, 0.3) is 0 Å². The molecule has 0 aromatic heterocycles. The number of nitrogens with one attached hydrogen (secondary N) is 1. The van der Waals surface area contributed by atoms with Crippen LogP contribution in [0.3, 0.4) is 0 Å². The second kappa shape index (κ2) is 3.74. The molecule has 0 radical (unpaired) electrons. The maximum absolute atomic E-state index is 11.1. The second-order valence-electron chi connectivity index (χ2n) is 5.51. The van der Waals surface area contributed by atoms with E-state index in [1.165, 1.54) is 31.9 Å². The van der Waals surface area contributed by atoms with Crippen molar-refractivity contribution in [2.24, 2.45) is 11.3 Å². The lowest BCUT2D eigenvalue weighted by Crippen LogP contribution is -2.37. The zero-order chi connectivity index (χ0) is 11.1. The first-order valence-corrected chi connectivity index (χ1v) is 7.88. The van der Waals surface area contributed by atoms with Gasteiger partial charge in [-0.15, -0.1) is 0 Å². The quantitative estimate of drug-likeness (QED) is 0.747. The van der Waals surface area contributed by atoms with E-state index in [9.17, 15) is 8.42 Å². The monoisotopic (exact) mass is 231 g/mol. The van der Waals surface area contributed by atoms with Crippen LogP contribution >= 0.6 is 0 Å². The van der Waals surface area contributed by atoms with E-state index < -0.39 is 9.84 Å². The molecule has 0 amide bonds. The van der Waals surface area contributed by atoms with Crippen LogP contribution in [0.15, 0.2) is 0 Å². The molecule has 0 aromatic rings. The fourth-order valence-corrected chi connectivity index (χ4v) is 3.50. The van der Waals surface area contributed by atoms with Crippen LogP contribution in [0.1, 0.15) is 32.6 Å². The van der Waals surface area contributed by atoms with Crippen LogP contribution < -0.4 is 5.32 Å². The van der Waals surface area contributed by atoms with Crippen LogP contribution in [0.5, 0.6) is 0 Å². The zero-order valence-corrected chi connectivity index (χ0v) is 10.4. The summed E-state index contributed by atoms with van der Waals surface area (Å²) in [6.45, 7) is 2.98. The van der Waals surface area contributed by atoms with Crippen molar-refractivity contribution < 1.29 is 8.42 Å². The molecular formula is C11H21NO2S. The van der Waals surface area contributed by atoms with Crippen molar-refractivity contribution in [1.82, 2.24) is 5.32 Å². The maximum atomic E-state index is 11.1. The predicted octanol–water partition coefficient (Wildman–Crippen LogP) is 1.20. The van der Waals surface area contributed by atoms with Gasteiger partial charge in [0.15, 0.2) is 0 Å². The van der Waals surface area contributed by atoms with Gasteiger partial charge in [-0.1, -0.05) is 0 Å². The van der Waals surface area contributed by atoms with E-state index in [1.54, 1.807) is 0 Å². The molecule has 4 heteroatoms. The van der Waals surface area contributed by atoms with E-state index in [0.717, 1.165) is 12.5 Å². The Labute approximate surface area is 92.6 Å². The van der Waals surface area contributed by atoms with Gasteiger partial charge in [-0.05, 0) is 43.9 Å². The number of rotatable bonds is 6. The molecule has 1 atom stereocenters. The summed E-state index contributed by atoms with van der Waals surface area (Å²) in [5.74, 6) is 1.20. The summed E-state index contributed by atoms with van der Waals surface area (Å²) in [5.41, 5.74) is 0.561. The first-order valence-electron chi connectivity index (χ1n) is 5.82. The highest BCUT2D eigenvalue weighted by Gasteiger charge is 2.53. The zero-order valence-electron chi connectivity index (χ0n) is 9.62. The molecule has 0 bridgehead atoms. The lowest BCUT2D eigenvalue weighted by Gasteiger charge is -2.19. The molecule has 2 aliphatic carbocycles. The van der Waals surface area contributed by atoms with Crippen LogP contribution in [0.4, 0.5) is 0 Å². The Kier molecular flexibility index (Phi) is 2.84. The summed E-state index contributed by atoms with van der Waals surface area (Å²) in [7, 11) is -2.84. The lowest BCUT2D eigenvalue weighted by molar-refractivity contribution is 0.386. The third-order valence-corrected chi connectivity index (χ3v) is 4.80. The van der Waals surface area contributed by atoms with Gasteiger partial charge in [0.1, 0.15) is 9.84 Å². The Morgan fingerprint density at radius 2 is 2.00 bits per heavy atom. The number of hydrogen-bond acceptors (Lipinski definition) is 3. The molecule has 2 fully saturated rings. The molecule has 0 aromatic carbocycles. The van der Waals surface area contributed by atoms with E-state index >= 15 is 0 Å². The summed E-state index contributed by atoms with van der Waals surface area (Å²) in [6, 6.07) is 0.0937. The van der Waals surface area contributed by atoms with Crippen molar-refractivity contribution in [2.75, 3.05) is 18.6 Å². The van der Waals surface area contributed by atoms with Crippen molar-refractivity contribution in [1.29, 1.82) is 0 Å². The van der Waals surface area contributed by atoms with Crippen LogP contribution in [0.25, 0.3) is 0 Å². The standard InChI is InChI=1S/C11H21NO2S/c1-9(7-15(2,13)14)12-8-11(5-6-11)10-3-4-10/h9-10,12H,3-8H2,1-2H3. The Balaban J connectivity index is 1.73. The Hall–Kier alpha value is -0.0900. The van der Waals surface area contributed by atoms with Crippen molar-refractivity contribution >= 4 is 9.84 Å². The van der Waals surface area contributed by atoms with E-state index in [2.05, 4.69) is 5.32 Å². The van der Waals surface area contributed by atoms with Gasteiger partial charge in [0.2, 0.25) is 0 Å². The summed E-state index contributed by atoms with van der Waals surface area (Å²) in [6.07, 6.45) is 6.77. The predicted molar refractivity (Wildman–Crippen MR) is 61.6 cm³/mol. The van der Waals surface area contributed by atoms with Gasteiger partial charge in [-0.2, -0.15) is 0 Å². The van der Waals surface area contributed by atoms with E-state index in [-0.39, 0.29) is 11.8 Å². The fraction of sp³-hybridized carbons (Fsp3) is 1.00. The molecule has 0 heterocycles. The van der Waals surface area contributed by atoms with Crippen LogP contribution in [0, 0.1) is 11.3 Å². The molecule has 2 rings (SSSR count). The van der Waals surface area contributed by atoms with Crippen molar-refractivity contribution in [2.45, 2.75) is 38.6 Å². The Bertz CT molecular complexity index is 328. The topological polar surface area (TPSA) is 46.2 Å². The smallest absolute Gasteiger partial charge is 0.148 e. The van der Waals surface area contributed by atoms with Gasteiger partial charge in [0.05, 0.1) is 5.75 Å². The largest absolute Gasteiger partial charge is 0.313 e. The minimum atomic E-state index is -2.84. The average Bonchev–Trinajstić information content (AvgIpc) is 2.92. The first-order chi connectivity index (χ1) is 6.91. The normalized spacial score (nSPS) is 26.3. The molecule has 0 saturated heterocycles. The van der Waals surface area contributed by atoms with Gasteiger partial charge < -0.3 is 5.32 Å². The van der Waals surface area contributed by atoms with Crippen LogP contribution in [-0.4, -0.2) is 33.0 Å². The summed E-state index contributed by atoms with van der Waals surface area (Å²) in [5, 5.41) is 3.38. The fourth-order valence-electron chi connectivity index (χ4n) is 2.48. The average molecular weight is 231 g/mol. The van der Waals surface area contributed by atoms with E-state index in [4.69, 9.17) is 0 Å². The van der Waals surface area contributed by atoms with Crippen LogP contribution in [0.2, 0.25) is 0 Å². The van der Waals surface area contributed by atoms with Gasteiger partial charge in [-0.25, -0.2) is 8.42 Å². The molecular weight excluding hydrogens is 210 g/mol. The molecule has 2 saturated carbocycles. The SMILES string of the molecule is CC(CS(C)(=O)=O)NCC1(C2CC2)CC1. The third-order valence-electron chi connectivity index (χ3n) is 3.69. The molecule has 0 spiro atoms. The molecule has 15 heavy (non-hydrogen) atoms. The summed E-state index contributed by atoms with van der Waals surface area (Å²) < 4.78 is 22.2. The van der Waals surface area contributed by atoms with E-state index in [0.29, 0.717) is 5.41 Å². The highest BCUT2D eigenvalue weighted by atomic mass is 32.2. The third kappa shape index (κ3) is 3.18. The van der Waals surface area contributed by atoms with E-state index in [1.807, 2.05) is 6.92 Å². The minimum absolute atomic E-state index is 0.0937. The summed E-state index contributed by atoms with van der Waals surface area (Å²) in [4.78, 5) is 0. The molecule has 88 valence electrons. The molecule has 1 unspecified atom stereocenters. The number of sulfone groups is 1. The molecule has 3 nitrogen and oxygen atoms in total. The minimum Gasteiger partial charge on any atom is -0.313 e. The first kappa shape index (κ1) is 11.4. The molecule has 1 N–H and O–H groups in total. The maximum Gasteiger partial charge on any atom is 0.148 e. The van der Waals surface area contributed by atoms with Crippen LogP contribution in [-0.2, 0) is 9.84 Å². The van der Waals surface area contributed by atoms with Gasteiger partial charge in [0, 0.05) is 18.8 Å². The summed E-state index contributed by atoms with van der Waals surface area (Å²) >= 11 is 0. The van der Waals surface area contributed by atoms with Crippen molar-refractivity contribution in [3.05, 3.63) is 0 Å². The molecule has 2 aliphatic rings. The number of hydrogen-bond donors (Lipinski definition) is 1. The Morgan fingerprint density at radius 3 is 2.40 bits per heavy atom. The highest BCUT2D eigenvalue weighted by Crippen LogP contribution is 2.60. The molecule has 0 aliphatic heterocycles. The second-order valence-corrected chi connectivity index (χ2v) is 7.70.